The van der Waals surface area contributed by atoms with Crippen LogP contribution in [0.4, 0.5) is 11.5 Å². The highest BCUT2D eigenvalue weighted by Gasteiger charge is 2.28. The summed E-state index contributed by atoms with van der Waals surface area (Å²) in [4.78, 5) is 18.3. The highest BCUT2D eigenvalue weighted by atomic mass is 16.4. The number of nitrogens with zero attached hydrogens (tertiary/aromatic N) is 2. The molecule has 1 saturated carbocycles. The number of nitrogens with one attached hydrogen (secondary N) is 1. The van der Waals surface area contributed by atoms with Gasteiger partial charge in [0.15, 0.2) is 0 Å². The molecule has 0 radical (unpaired) electrons. The zero-order valence-corrected chi connectivity index (χ0v) is 14.0. The summed E-state index contributed by atoms with van der Waals surface area (Å²) in [5.74, 6) is -0.0768. The number of benzene rings is 1. The maximum atomic E-state index is 11.4. The lowest BCUT2D eigenvalue weighted by atomic mass is 9.97. The molecule has 0 amide bonds. The molecule has 0 bridgehead atoms. The van der Waals surface area contributed by atoms with Crippen molar-refractivity contribution in [2.45, 2.75) is 38.6 Å². The molecule has 126 valence electrons. The van der Waals surface area contributed by atoms with Gasteiger partial charge in [-0.15, -0.1) is 0 Å². The molecule has 5 heteroatoms. The van der Waals surface area contributed by atoms with Crippen molar-refractivity contribution in [2.24, 2.45) is 5.92 Å². The van der Waals surface area contributed by atoms with E-state index in [1.807, 2.05) is 6.20 Å². The number of carboxylic acid groups (broad SMARTS) is 1. The second-order valence-electron chi connectivity index (χ2n) is 7.03. The fourth-order valence-corrected chi connectivity index (χ4v) is 3.62. The Morgan fingerprint density at radius 1 is 1.33 bits per heavy atom. The number of carboxylic acids is 1. The minimum absolute atomic E-state index is 0.302. The SMILES string of the molecule is Cc1cccc2c(NC3CC3)cnc(N3CCCC(C(=O)O)C3)c12. The standard InChI is InChI=1S/C19H23N3O2/c1-12-4-2-6-15-16(21-14-7-8-14)10-20-18(17(12)15)22-9-3-5-13(11-22)19(23)24/h2,4,6,10,13-14,21H,3,5,7-9,11H2,1H3,(H,23,24). The van der Waals surface area contributed by atoms with Crippen molar-refractivity contribution in [3.8, 4) is 0 Å². The molecule has 2 aliphatic rings. The molecule has 1 atom stereocenters. The van der Waals surface area contributed by atoms with Crippen molar-refractivity contribution >= 4 is 28.2 Å². The Bertz CT molecular complexity index is 786. The zero-order valence-electron chi connectivity index (χ0n) is 14.0. The van der Waals surface area contributed by atoms with E-state index in [1.54, 1.807) is 0 Å². The largest absolute Gasteiger partial charge is 0.481 e. The van der Waals surface area contributed by atoms with E-state index in [1.165, 1.54) is 23.8 Å². The summed E-state index contributed by atoms with van der Waals surface area (Å²) in [5.41, 5.74) is 2.28. The lowest BCUT2D eigenvalue weighted by Crippen LogP contribution is -2.39. The van der Waals surface area contributed by atoms with Gasteiger partial charge >= 0.3 is 5.97 Å². The molecule has 2 aromatic rings. The minimum atomic E-state index is -0.701. The predicted molar refractivity (Wildman–Crippen MR) is 95.7 cm³/mol. The summed E-state index contributed by atoms with van der Waals surface area (Å²) in [6, 6.07) is 6.90. The van der Waals surface area contributed by atoms with Gasteiger partial charge in [0, 0.05) is 29.9 Å². The Morgan fingerprint density at radius 2 is 2.17 bits per heavy atom. The van der Waals surface area contributed by atoms with E-state index in [4.69, 9.17) is 4.98 Å². The third-order valence-corrected chi connectivity index (χ3v) is 5.11. The van der Waals surface area contributed by atoms with Crippen LogP contribution in [0.2, 0.25) is 0 Å². The first-order chi connectivity index (χ1) is 11.6. The van der Waals surface area contributed by atoms with E-state index in [-0.39, 0.29) is 5.92 Å². The van der Waals surface area contributed by atoms with Gasteiger partial charge in [0.05, 0.1) is 17.8 Å². The number of hydrogen-bond donors (Lipinski definition) is 2. The van der Waals surface area contributed by atoms with Gasteiger partial charge < -0.3 is 15.3 Å². The number of pyridine rings is 1. The first kappa shape index (κ1) is 15.2. The van der Waals surface area contributed by atoms with Gasteiger partial charge in [-0.2, -0.15) is 0 Å². The van der Waals surface area contributed by atoms with Crippen molar-refractivity contribution in [1.82, 2.24) is 4.98 Å². The molecular weight excluding hydrogens is 302 g/mol. The zero-order chi connectivity index (χ0) is 16.7. The number of piperidine rings is 1. The van der Waals surface area contributed by atoms with E-state index in [2.05, 4.69) is 35.3 Å². The summed E-state index contributed by atoms with van der Waals surface area (Å²) in [7, 11) is 0. The van der Waals surface area contributed by atoms with Crippen LogP contribution >= 0.6 is 0 Å². The van der Waals surface area contributed by atoms with Gasteiger partial charge in [-0.05, 0) is 38.2 Å². The molecule has 1 saturated heterocycles. The van der Waals surface area contributed by atoms with Crippen molar-refractivity contribution in [1.29, 1.82) is 0 Å². The van der Waals surface area contributed by atoms with Crippen LogP contribution < -0.4 is 10.2 Å². The second-order valence-corrected chi connectivity index (χ2v) is 7.03. The van der Waals surface area contributed by atoms with Crippen LogP contribution in [0.5, 0.6) is 0 Å². The minimum Gasteiger partial charge on any atom is -0.481 e. The monoisotopic (exact) mass is 325 g/mol. The molecule has 0 spiro atoms. The number of aromatic nitrogens is 1. The van der Waals surface area contributed by atoms with Crippen LogP contribution in [0, 0.1) is 12.8 Å². The van der Waals surface area contributed by atoms with Gasteiger partial charge in [0.1, 0.15) is 5.82 Å². The molecule has 1 aromatic carbocycles. The van der Waals surface area contributed by atoms with Crippen LogP contribution in [0.15, 0.2) is 24.4 Å². The normalized spacial score (nSPS) is 21.0. The molecule has 1 aliphatic heterocycles. The average Bonchev–Trinajstić information content (AvgIpc) is 3.40. The number of rotatable bonds is 4. The van der Waals surface area contributed by atoms with Gasteiger partial charge in [0.25, 0.3) is 0 Å². The van der Waals surface area contributed by atoms with Gasteiger partial charge in [-0.1, -0.05) is 18.2 Å². The number of anilines is 2. The first-order valence-electron chi connectivity index (χ1n) is 8.76. The molecule has 4 rings (SSSR count). The van der Waals surface area contributed by atoms with Crippen molar-refractivity contribution in [3.63, 3.8) is 0 Å². The third kappa shape index (κ3) is 2.79. The number of aliphatic carboxylic acids is 1. The lowest BCUT2D eigenvalue weighted by molar-refractivity contribution is -0.141. The highest BCUT2D eigenvalue weighted by molar-refractivity contribution is 6.02. The topological polar surface area (TPSA) is 65.5 Å². The van der Waals surface area contributed by atoms with Crippen molar-refractivity contribution in [2.75, 3.05) is 23.3 Å². The molecule has 1 unspecified atom stereocenters. The third-order valence-electron chi connectivity index (χ3n) is 5.11. The second kappa shape index (κ2) is 5.96. The number of carbonyl (C=O) groups is 1. The molecule has 1 aliphatic carbocycles. The number of fused-ring (bicyclic) bond motifs is 1. The maximum absolute atomic E-state index is 11.4. The van der Waals surface area contributed by atoms with E-state index in [0.717, 1.165) is 36.3 Å². The Balaban J connectivity index is 1.76. The summed E-state index contributed by atoms with van der Waals surface area (Å²) >= 11 is 0. The van der Waals surface area contributed by atoms with Crippen LogP contribution in [0.1, 0.15) is 31.2 Å². The average molecular weight is 325 g/mol. The molecule has 1 aromatic heterocycles. The van der Waals surface area contributed by atoms with Crippen molar-refractivity contribution in [3.05, 3.63) is 30.0 Å². The first-order valence-corrected chi connectivity index (χ1v) is 8.76. The Kier molecular flexibility index (Phi) is 3.79. The van der Waals surface area contributed by atoms with Gasteiger partial charge in [-0.3, -0.25) is 4.79 Å². The number of hydrogen-bond acceptors (Lipinski definition) is 4. The lowest BCUT2D eigenvalue weighted by Gasteiger charge is -2.33. The quantitative estimate of drug-likeness (QED) is 0.902. The highest BCUT2D eigenvalue weighted by Crippen LogP contribution is 2.36. The van der Waals surface area contributed by atoms with Crippen LogP contribution in [0.3, 0.4) is 0 Å². The Morgan fingerprint density at radius 3 is 2.92 bits per heavy atom. The summed E-state index contributed by atoms with van der Waals surface area (Å²) < 4.78 is 0. The molecule has 5 nitrogen and oxygen atoms in total. The van der Waals surface area contributed by atoms with Gasteiger partial charge in [0.2, 0.25) is 0 Å². The van der Waals surface area contributed by atoms with E-state index >= 15 is 0 Å². The van der Waals surface area contributed by atoms with Crippen LogP contribution in [-0.4, -0.2) is 35.2 Å². The summed E-state index contributed by atoms with van der Waals surface area (Å²) in [5, 5.41) is 15.3. The van der Waals surface area contributed by atoms with Crippen LogP contribution in [-0.2, 0) is 4.79 Å². The fourth-order valence-electron chi connectivity index (χ4n) is 3.62. The molecular formula is C19H23N3O2. The van der Waals surface area contributed by atoms with Crippen LogP contribution in [0.25, 0.3) is 10.8 Å². The van der Waals surface area contributed by atoms with Gasteiger partial charge in [-0.25, -0.2) is 4.98 Å². The number of aryl methyl sites for hydroxylation is 1. The predicted octanol–water partition coefficient (Wildman–Crippen LogP) is 3.42. The molecule has 2 fully saturated rings. The molecule has 24 heavy (non-hydrogen) atoms. The molecule has 2 heterocycles. The van der Waals surface area contributed by atoms with E-state index < -0.39 is 5.97 Å². The smallest absolute Gasteiger partial charge is 0.308 e. The van der Waals surface area contributed by atoms with Crippen molar-refractivity contribution < 1.29 is 9.90 Å². The molecule has 2 N–H and O–H groups in total. The summed E-state index contributed by atoms with van der Waals surface area (Å²) in [6.45, 7) is 3.52. The van der Waals surface area contributed by atoms with E-state index in [9.17, 15) is 9.90 Å². The summed E-state index contributed by atoms with van der Waals surface area (Å²) in [6.07, 6.45) is 6.01. The Labute approximate surface area is 141 Å². The maximum Gasteiger partial charge on any atom is 0.308 e. The van der Waals surface area contributed by atoms with E-state index in [0.29, 0.717) is 12.6 Å². The fraction of sp³-hybridized carbons (Fsp3) is 0.474. The Hall–Kier alpha value is -2.30.